The van der Waals surface area contributed by atoms with E-state index in [1.165, 1.54) is 0 Å². The lowest BCUT2D eigenvalue weighted by atomic mass is 10.2. The minimum absolute atomic E-state index is 0.0132. The molecule has 1 aromatic heterocycles. The van der Waals surface area contributed by atoms with E-state index in [4.69, 9.17) is 9.15 Å². The number of hydrogen-bond acceptors (Lipinski definition) is 7. The molecule has 0 spiro atoms. The lowest BCUT2D eigenvalue weighted by molar-refractivity contribution is 0.0697. The number of anilines is 1. The van der Waals surface area contributed by atoms with Crippen LogP contribution in [0.25, 0.3) is 0 Å². The fourth-order valence-corrected chi connectivity index (χ4v) is 1.70. The average molecular weight is 242 g/mol. The summed E-state index contributed by atoms with van der Waals surface area (Å²) in [6.07, 6.45) is 0. The van der Waals surface area contributed by atoms with E-state index in [0.29, 0.717) is 31.7 Å². The summed E-state index contributed by atoms with van der Waals surface area (Å²) in [5.41, 5.74) is 0. The van der Waals surface area contributed by atoms with Crippen LogP contribution in [0, 0.1) is 0 Å². The topological polar surface area (TPSA) is 83.7 Å². The number of morpholine rings is 1. The summed E-state index contributed by atoms with van der Waals surface area (Å²) in [6.45, 7) is 3.70. The van der Waals surface area contributed by atoms with Crippen LogP contribution in [-0.2, 0) is 4.74 Å². The summed E-state index contributed by atoms with van der Waals surface area (Å²) in [6, 6.07) is 0.358. The van der Waals surface area contributed by atoms with Crippen LogP contribution < -0.4 is 10.2 Å². The maximum atomic E-state index is 9.26. The summed E-state index contributed by atoms with van der Waals surface area (Å²) in [5.74, 6) is 0.547. The molecule has 1 aromatic rings. The zero-order valence-electron chi connectivity index (χ0n) is 10.1. The van der Waals surface area contributed by atoms with Gasteiger partial charge in [0.15, 0.2) is 0 Å². The smallest absolute Gasteiger partial charge is 0.318 e. The number of ether oxygens (including phenoxy) is 1. The second kappa shape index (κ2) is 5.44. The Bertz CT molecular complexity index is 357. The molecule has 2 atom stereocenters. The first-order valence-corrected chi connectivity index (χ1v) is 5.72. The molecule has 0 aliphatic carbocycles. The molecule has 1 aliphatic rings. The summed E-state index contributed by atoms with van der Waals surface area (Å²) in [4.78, 5) is 1.89. The number of hydrogen-bond donors (Lipinski definition) is 2. The molecule has 2 N–H and O–H groups in total. The van der Waals surface area contributed by atoms with Crippen molar-refractivity contribution in [2.75, 3.05) is 38.3 Å². The van der Waals surface area contributed by atoms with Crippen molar-refractivity contribution in [1.29, 1.82) is 0 Å². The minimum atomic E-state index is -0.109. The lowest BCUT2D eigenvalue weighted by Crippen LogP contribution is -2.47. The molecular weight excluding hydrogens is 224 g/mol. The molecule has 2 rings (SSSR count). The van der Waals surface area contributed by atoms with Crippen LogP contribution in [0.5, 0.6) is 0 Å². The third-order valence-corrected chi connectivity index (χ3v) is 2.92. The van der Waals surface area contributed by atoms with E-state index in [1.54, 1.807) is 0 Å². The lowest BCUT2D eigenvalue weighted by Gasteiger charge is -2.32. The molecule has 0 bridgehead atoms. The molecule has 17 heavy (non-hydrogen) atoms. The second-order valence-corrected chi connectivity index (χ2v) is 4.04. The summed E-state index contributed by atoms with van der Waals surface area (Å²) in [7, 11) is 1.83. The quantitative estimate of drug-likeness (QED) is 0.739. The van der Waals surface area contributed by atoms with Gasteiger partial charge in [-0.05, 0) is 14.0 Å². The van der Waals surface area contributed by atoms with Gasteiger partial charge in [0.25, 0.3) is 0 Å². The molecule has 0 radical (unpaired) electrons. The van der Waals surface area contributed by atoms with Gasteiger partial charge < -0.3 is 24.5 Å². The molecule has 1 aliphatic heterocycles. The van der Waals surface area contributed by atoms with Crippen LogP contribution in [-0.4, -0.2) is 54.8 Å². The van der Waals surface area contributed by atoms with Gasteiger partial charge >= 0.3 is 6.01 Å². The van der Waals surface area contributed by atoms with Gasteiger partial charge in [-0.1, -0.05) is 5.10 Å². The van der Waals surface area contributed by atoms with Crippen LogP contribution in [0.2, 0.25) is 0 Å². The van der Waals surface area contributed by atoms with Gasteiger partial charge in [0.2, 0.25) is 5.89 Å². The number of rotatable bonds is 4. The Hall–Kier alpha value is -1.18. The number of nitrogens with one attached hydrogen (secondary N) is 1. The van der Waals surface area contributed by atoms with Crippen LogP contribution in [0.1, 0.15) is 18.9 Å². The van der Waals surface area contributed by atoms with Crippen LogP contribution in [0.4, 0.5) is 6.01 Å². The molecule has 0 aromatic carbocycles. The van der Waals surface area contributed by atoms with Crippen LogP contribution >= 0.6 is 0 Å². The molecule has 2 unspecified atom stereocenters. The first kappa shape index (κ1) is 12.3. The Labute approximate surface area is 99.8 Å². The Kier molecular flexibility index (Phi) is 3.93. The van der Waals surface area contributed by atoms with Crippen molar-refractivity contribution in [2.45, 2.75) is 19.0 Å². The normalized spacial score (nSPS) is 22.8. The first-order chi connectivity index (χ1) is 8.26. The van der Waals surface area contributed by atoms with Crippen molar-refractivity contribution < 1.29 is 14.3 Å². The summed E-state index contributed by atoms with van der Waals surface area (Å²) in [5, 5.41) is 20.3. The zero-order chi connectivity index (χ0) is 12.3. The highest BCUT2D eigenvalue weighted by Crippen LogP contribution is 2.20. The largest absolute Gasteiger partial charge is 0.406 e. The minimum Gasteiger partial charge on any atom is -0.406 e. The Morgan fingerprint density at radius 1 is 1.59 bits per heavy atom. The summed E-state index contributed by atoms with van der Waals surface area (Å²) < 4.78 is 10.9. The van der Waals surface area contributed by atoms with Crippen molar-refractivity contribution in [3.63, 3.8) is 0 Å². The molecule has 0 amide bonds. The summed E-state index contributed by atoms with van der Waals surface area (Å²) >= 11 is 0. The molecule has 7 heteroatoms. The number of aliphatic hydroxyl groups is 1. The highest BCUT2D eigenvalue weighted by Gasteiger charge is 2.27. The van der Waals surface area contributed by atoms with E-state index < -0.39 is 0 Å². The Morgan fingerprint density at radius 2 is 2.41 bits per heavy atom. The van der Waals surface area contributed by atoms with Gasteiger partial charge in [-0.2, -0.15) is 0 Å². The van der Waals surface area contributed by atoms with Gasteiger partial charge in [0, 0.05) is 6.54 Å². The van der Waals surface area contributed by atoms with E-state index in [-0.39, 0.29) is 18.7 Å². The van der Waals surface area contributed by atoms with Gasteiger partial charge in [-0.3, -0.25) is 0 Å². The van der Waals surface area contributed by atoms with Crippen molar-refractivity contribution in [3.05, 3.63) is 5.89 Å². The van der Waals surface area contributed by atoms with E-state index in [1.807, 2.05) is 18.9 Å². The predicted molar refractivity (Wildman–Crippen MR) is 60.8 cm³/mol. The van der Waals surface area contributed by atoms with E-state index in [9.17, 15) is 5.11 Å². The maximum absolute atomic E-state index is 9.26. The monoisotopic (exact) mass is 242 g/mol. The second-order valence-electron chi connectivity index (χ2n) is 4.04. The van der Waals surface area contributed by atoms with Crippen LogP contribution in [0.15, 0.2) is 4.42 Å². The standard InChI is InChI=1S/C10H18N4O3/c1-7(11-2)9-12-13-10(17-9)14-3-4-16-6-8(14)5-15/h7-8,11,15H,3-6H2,1-2H3. The van der Waals surface area contributed by atoms with Crippen molar-refractivity contribution in [2.24, 2.45) is 0 Å². The van der Waals surface area contributed by atoms with Gasteiger partial charge in [0.1, 0.15) is 0 Å². The van der Waals surface area contributed by atoms with E-state index in [2.05, 4.69) is 15.5 Å². The number of nitrogens with zero attached hydrogens (tertiary/aromatic N) is 3. The van der Waals surface area contributed by atoms with Crippen molar-refractivity contribution >= 4 is 6.01 Å². The third-order valence-electron chi connectivity index (χ3n) is 2.92. The van der Waals surface area contributed by atoms with Crippen LogP contribution in [0.3, 0.4) is 0 Å². The predicted octanol–water partition coefficient (Wildman–Crippen LogP) is -0.452. The third kappa shape index (κ3) is 2.56. The molecule has 7 nitrogen and oxygen atoms in total. The molecule has 2 heterocycles. The van der Waals surface area contributed by atoms with Gasteiger partial charge in [-0.15, -0.1) is 5.10 Å². The van der Waals surface area contributed by atoms with E-state index >= 15 is 0 Å². The van der Waals surface area contributed by atoms with Crippen molar-refractivity contribution in [1.82, 2.24) is 15.5 Å². The maximum Gasteiger partial charge on any atom is 0.318 e. The highest BCUT2D eigenvalue weighted by atomic mass is 16.5. The first-order valence-electron chi connectivity index (χ1n) is 5.72. The molecule has 96 valence electrons. The number of aliphatic hydroxyl groups excluding tert-OH is 1. The molecular formula is C10H18N4O3. The Balaban J connectivity index is 2.12. The number of aromatic nitrogens is 2. The molecule has 0 saturated carbocycles. The fraction of sp³-hybridized carbons (Fsp3) is 0.800. The highest BCUT2D eigenvalue weighted by molar-refractivity contribution is 5.27. The van der Waals surface area contributed by atoms with Crippen molar-refractivity contribution in [3.8, 4) is 0 Å². The molecule has 1 fully saturated rings. The van der Waals surface area contributed by atoms with E-state index in [0.717, 1.165) is 0 Å². The van der Waals surface area contributed by atoms with Gasteiger partial charge in [0.05, 0.1) is 31.9 Å². The molecule has 1 saturated heterocycles. The average Bonchev–Trinajstić information content (AvgIpc) is 2.87. The Morgan fingerprint density at radius 3 is 3.12 bits per heavy atom. The zero-order valence-corrected chi connectivity index (χ0v) is 10.1. The SMILES string of the molecule is CNC(C)c1nnc(N2CCOCC2CO)o1. The van der Waals surface area contributed by atoms with Gasteiger partial charge in [-0.25, -0.2) is 0 Å². The fourth-order valence-electron chi connectivity index (χ4n) is 1.70.